The van der Waals surface area contributed by atoms with Crippen molar-refractivity contribution in [2.75, 3.05) is 7.11 Å². The summed E-state index contributed by atoms with van der Waals surface area (Å²) in [6.07, 6.45) is 0. The normalized spacial score (nSPS) is 9.73. The summed E-state index contributed by atoms with van der Waals surface area (Å²) in [7, 11) is 1.34. The Morgan fingerprint density at radius 1 is 1.73 bits per heavy atom. The molecule has 1 heterocycles. The molecule has 0 N–H and O–H groups in total. The smallest absolute Gasteiger partial charge is 0.340 e. The molecule has 0 aromatic carbocycles. The van der Waals surface area contributed by atoms with Crippen LogP contribution in [0.25, 0.3) is 0 Å². The Bertz CT molecular complexity index is 260. The van der Waals surface area contributed by atoms with Crippen molar-refractivity contribution < 1.29 is 9.53 Å². The van der Waals surface area contributed by atoms with E-state index in [9.17, 15) is 4.79 Å². The van der Waals surface area contributed by atoms with E-state index in [0.717, 1.165) is 4.88 Å². The minimum Gasteiger partial charge on any atom is -0.465 e. The van der Waals surface area contributed by atoms with Crippen LogP contribution in [0.5, 0.6) is 0 Å². The van der Waals surface area contributed by atoms with Gasteiger partial charge in [0, 0.05) is 10.3 Å². The molecule has 0 saturated heterocycles. The predicted octanol–water partition coefficient (Wildman–Crippen LogP) is 2.50. The SMILES string of the molecule is COC(=O)c1c(Cl)csc1C. The van der Waals surface area contributed by atoms with Crippen molar-refractivity contribution in [1.82, 2.24) is 0 Å². The molecule has 4 heteroatoms. The number of hydrogen-bond donors (Lipinski definition) is 0. The van der Waals surface area contributed by atoms with E-state index in [1.54, 1.807) is 5.38 Å². The van der Waals surface area contributed by atoms with Gasteiger partial charge >= 0.3 is 5.97 Å². The third-order valence-corrected chi connectivity index (χ3v) is 2.66. The van der Waals surface area contributed by atoms with Gasteiger partial charge < -0.3 is 4.74 Å². The zero-order valence-electron chi connectivity index (χ0n) is 6.18. The van der Waals surface area contributed by atoms with Crippen LogP contribution in [-0.2, 0) is 4.74 Å². The number of rotatable bonds is 1. The largest absolute Gasteiger partial charge is 0.465 e. The van der Waals surface area contributed by atoms with Crippen LogP contribution >= 0.6 is 22.9 Å². The molecule has 0 bridgehead atoms. The number of methoxy groups -OCH3 is 1. The second-order valence-electron chi connectivity index (χ2n) is 2.01. The van der Waals surface area contributed by atoms with Gasteiger partial charge in [-0.2, -0.15) is 0 Å². The Morgan fingerprint density at radius 2 is 2.36 bits per heavy atom. The summed E-state index contributed by atoms with van der Waals surface area (Å²) in [4.78, 5) is 11.9. The summed E-state index contributed by atoms with van der Waals surface area (Å²) >= 11 is 7.17. The maximum atomic E-state index is 11.0. The molecular formula is C7H7ClO2S. The quantitative estimate of drug-likeness (QED) is 0.636. The second-order valence-corrected chi connectivity index (χ2v) is 3.50. The maximum absolute atomic E-state index is 11.0. The van der Waals surface area contributed by atoms with E-state index in [-0.39, 0.29) is 5.97 Å². The van der Waals surface area contributed by atoms with Crippen molar-refractivity contribution in [2.45, 2.75) is 6.92 Å². The standard InChI is InChI=1S/C7H7ClO2S/c1-4-6(7(9)10-2)5(8)3-11-4/h3H,1-2H3. The zero-order valence-corrected chi connectivity index (χ0v) is 7.75. The van der Waals surface area contributed by atoms with E-state index in [1.165, 1.54) is 18.4 Å². The molecule has 0 aliphatic heterocycles. The highest BCUT2D eigenvalue weighted by molar-refractivity contribution is 7.10. The zero-order chi connectivity index (χ0) is 8.43. The Labute approximate surface area is 73.7 Å². The van der Waals surface area contributed by atoms with Crippen LogP contribution in [0.15, 0.2) is 5.38 Å². The first-order chi connectivity index (χ1) is 5.16. The maximum Gasteiger partial charge on any atom is 0.340 e. The van der Waals surface area contributed by atoms with Crippen molar-refractivity contribution >= 4 is 28.9 Å². The summed E-state index contributed by atoms with van der Waals surface area (Å²) in [6, 6.07) is 0. The fraction of sp³-hybridized carbons (Fsp3) is 0.286. The van der Waals surface area contributed by atoms with Crippen LogP contribution in [0.3, 0.4) is 0 Å². The van der Waals surface area contributed by atoms with Gasteiger partial charge in [-0.25, -0.2) is 4.79 Å². The van der Waals surface area contributed by atoms with Gasteiger partial charge in [-0.3, -0.25) is 0 Å². The first kappa shape index (κ1) is 8.56. The molecule has 0 unspecified atom stereocenters. The van der Waals surface area contributed by atoms with Gasteiger partial charge in [0.2, 0.25) is 0 Å². The van der Waals surface area contributed by atoms with Gasteiger partial charge in [0.1, 0.15) is 0 Å². The number of thiophene rings is 1. The number of ether oxygens (including phenoxy) is 1. The van der Waals surface area contributed by atoms with E-state index in [4.69, 9.17) is 11.6 Å². The summed E-state index contributed by atoms with van der Waals surface area (Å²) in [5.74, 6) is -0.367. The Morgan fingerprint density at radius 3 is 2.73 bits per heavy atom. The molecule has 1 aromatic rings. The van der Waals surface area contributed by atoms with Crippen LogP contribution in [0.1, 0.15) is 15.2 Å². The van der Waals surface area contributed by atoms with E-state index in [2.05, 4.69) is 4.74 Å². The third kappa shape index (κ3) is 1.54. The van der Waals surface area contributed by atoms with Gasteiger partial charge in [-0.05, 0) is 6.92 Å². The molecule has 0 fully saturated rings. The second kappa shape index (κ2) is 3.24. The molecule has 0 radical (unpaired) electrons. The molecular weight excluding hydrogens is 184 g/mol. The number of carbonyl (C=O) groups excluding carboxylic acids is 1. The Kier molecular flexibility index (Phi) is 2.52. The van der Waals surface area contributed by atoms with Gasteiger partial charge in [0.05, 0.1) is 17.7 Å². The first-order valence-corrected chi connectivity index (χ1v) is 4.24. The molecule has 0 aliphatic carbocycles. The van der Waals surface area contributed by atoms with Crippen molar-refractivity contribution in [3.63, 3.8) is 0 Å². The molecule has 0 atom stereocenters. The first-order valence-electron chi connectivity index (χ1n) is 2.98. The van der Waals surface area contributed by atoms with Crippen LogP contribution in [0.4, 0.5) is 0 Å². The average molecular weight is 191 g/mol. The van der Waals surface area contributed by atoms with E-state index in [0.29, 0.717) is 10.6 Å². The average Bonchev–Trinajstić information content (AvgIpc) is 2.30. The van der Waals surface area contributed by atoms with Crippen molar-refractivity contribution in [3.05, 3.63) is 20.8 Å². The van der Waals surface area contributed by atoms with E-state index in [1.807, 2.05) is 6.92 Å². The van der Waals surface area contributed by atoms with Crippen molar-refractivity contribution in [3.8, 4) is 0 Å². The minimum atomic E-state index is -0.367. The summed E-state index contributed by atoms with van der Waals surface area (Å²) in [6.45, 7) is 1.84. The molecule has 0 spiro atoms. The molecule has 2 nitrogen and oxygen atoms in total. The topological polar surface area (TPSA) is 26.3 Å². The monoisotopic (exact) mass is 190 g/mol. The molecule has 0 saturated carbocycles. The van der Waals surface area contributed by atoms with Crippen LogP contribution in [0.2, 0.25) is 5.02 Å². The minimum absolute atomic E-state index is 0.367. The highest BCUT2D eigenvalue weighted by atomic mass is 35.5. The lowest BCUT2D eigenvalue weighted by Gasteiger charge is -1.96. The molecule has 1 aromatic heterocycles. The van der Waals surface area contributed by atoms with Gasteiger partial charge in [-0.1, -0.05) is 11.6 Å². The molecule has 11 heavy (non-hydrogen) atoms. The number of hydrogen-bond acceptors (Lipinski definition) is 3. The van der Waals surface area contributed by atoms with Gasteiger partial charge in [0.15, 0.2) is 0 Å². The molecule has 60 valence electrons. The lowest BCUT2D eigenvalue weighted by atomic mass is 10.3. The highest BCUT2D eigenvalue weighted by Gasteiger charge is 2.14. The number of aryl methyl sites for hydroxylation is 1. The lowest BCUT2D eigenvalue weighted by molar-refractivity contribution is 0.0601. The van der Waals surface area contributed by atoms with E-state index < -0.39 is 0 Å². The highest BCUT2D eigenvalue weighted by Crippen LogP contribution is 2.26. The van der Waals surface area contributed by atoms with Crippen LogP contribution in [-0.4, -0.2) is 13.1 Å². The third-order valence-electron chi connectivity index (χ3n) is 1.32. The number of halogens is 1. The van der Waals surface area contributed by atoms with E-state index >= 15 is 0 Å². The summed E-state index contributed by atoms with van der Waals surface area (Å²) < 4.78 is 4.54. The molecule has 1 rings (SSSR count). The lowest BCUT2D eigenvalue weighted by Crippen LogP contribution is -2.01. The fourth-order valence-corrected chi connectivity index (χ4v) is 1.89. The molecule has 0 amide bonds. The van der Waals surface area contributed by atoms with Crippen LogP contribution in [0, 0.1) is 6.92 Å². The summed E-state index contributed by atoms with van der Waals surface area (Å²) in [5, 5.41) is 2.20. The fourth-order valence-electron chi connectivity index (χ4n) is 0.769. The van der Waals surface area contributed by atoms with Gasteiger partial charge in [0.25, 0.3) is 0 Å². The number of carbonyl (C=O) groups is 1. The Hall–Kier alpha value is -0.540. The molecule has 0 aliphatic rings. The van der Waals surface area contributed by atoms with Crippen molar-refractivity contribution in [1.29, 1.82) is 0 Å². The Balaban J connectivity index is 3.10. The van der Waals surface area contributed by atoms with Crippen molar-refractivity contribution in [2.24, 2.45) is 0 Å². The van der Waals surface area contributed by atoms with Crippen LogP contribution < -0.4 is 0 Å². The summed E-state index contributed by atoms with van der Waals surface area (Å²) in [5.41, 5.74) is 0.485. The predicted molar refractivity (Wildman–Crippen MR) is 45.4 cm³/mol. The number of esters is 1. The van der Waals surface area contributed by atoms with Gasteiger partial charge in [-0.15, -0.1) is 11.3 Å².